The standard InChI is InChI=1S/C7H9N5S/c1-5-10-7(13-12-5)11-6-4-8-2-3-9-6/h4H,2-3H2,1H3,(H,9,10,11,12). The zero-order valence-corrected chi connectivity index (χ0v) is 8.01. The van der Waals surface area contributed by atoms with E-state index in [4.69, 9.17) is 0 Å². The summed E-state index contributed by atoms with van der Waals surface area (Å²) < 4.78 is 4.05. The number of nitrogens with one attached hydrogen (secondary N) is 1. The number of hydrogen-bond donors (Lipinski definition) is 1. The number of anilines is 1. The fraction of sp³-hybridized carbons (Fsp3) is 0.429. The maximum absolute atomic E-state index is 4.23. The molecule has 1 N–H and O–H groups in total. The van der Waals surface area contributed by atoms with Crippen LogP contribution in [-0.2, 0) is 0 Å². The van der Waals surface area contributed by atoms with Crippen LogP contribution in [0.4, 0.5) is 5.13 Å². The second-order valence-corrected chi connectivity index (χ2v) is 3.33. The quantitative estimate of drug-likeness (QED) is 0.719. The van der Waals surface area contributed by atoms with Crippen LogP contribution >= 0.6 is 11.5 Å². The normalized spacial score (nSPS) is 15.6. The lowest BCUT2D eigenvalue weighted by atomic mass is 10.5. The SMILES string of the molecule is Cc1nsc(NC2=NCCN=C2)n1. The van der Waals surface area contributed by atoms with Crippen LogP contribution in [0.25, 0.3) is 0 Å². The first-order chi connectivity index (χ1) is 6.34. The largest absolute Gasteiger partial charge is 0.314 e. The molecule has 0 bridgehead atoms. The molecule has 0 aliphatic carbocycles. The number of aromatic nitrogens is 2. The lowest BCUT2D eigenvalue weighted by Crippen LogP contribution is -2.18. The fourth-order valence-corrected chi connectivity index (χ4v) is 1.53. The molecule has 0 radical (unpaired) electrons. The Morgan fingerprint density at radius 3 is 3.00 bits per heavy atom. The molecule has 6 heteroatoms. The van der Waals surface area contributed by atoms with E-state index >= 15 is 0 Å². The molecule has 0 aromatic carbocycles. The molecule has 1 aromatic heterocycles. The summed E-state index contributed by atoms with van der Waals surface area (Å²) in [7, 11) is 0. The van der Waals surface area contributed by atoms with Crippen molar-refractivity contribution in [2.45, 2.75) is 6.92 Å². The van der Waals surface area contributed by atoms with Crippen LogP contribution in [0, 0.1) is 6.92 Å². The summed E-state index contributed by atoms with van der Waals surface area (Å²) in [6.07, 6.45) is 1.72. The zero-order valence-electron chi connectivity index (χ0n) is 7.19. The van der Waals surface area contributed by atoms with Gasteiger partial charge in [0.2, 0.25) is 5.13 Å². The molecule has 0 saturated carbocycles. The first-order valence-corrected chi connectivity index (χ1v) is 4.73. The van der Waals surface area contributed by atoms with E-state index in [-0.39, 0.29) is 0 Å². The van der Waals surface area contributed by atoms with Crippen LogP contribution in [0.5, 0.6) is 0 Å². The molecule has 2 heterocycles. The maximum Gasteiger partial charge on any atom is 0.208 e. The van der Waals surface area contributed by atoms with Crippen molar-refractivity contribution < 1.29 is 0 Å². The molecule has 0 saturated heterocycles. The molecule has 0 amide bonds. The highest BCUT2D eigenvalue weighted by atomic mass is 32.1. The fourth-order valence-electron chi connectivity index (χ4n) is 0.949. The molecule has 0 spiro atoms. The van der Waals surface area contributed by atoms with E-state index in [0.717, 1.165) is 29.9 Å². The van der Waals surface area contributed by atoms with E-state index in [1.54, 1.807) is 6.21 Å². The van der Waals surface area contributed by atoms with Crippen molar-refractivity contribution in [3.8, 4) is 0 Å². The third-order valence-corrected chi connectivity index (χ3v) is 2.21. The summed E-state index contributed by atoms with van der Waals surface area (Å²) in [5, 5.41) is 3.82. The van der Waals surface area contributed by atoms with Crippen LogP contribution in [0.15, 0.2) is 9.98 Å². The Kier molecular flexibility index (Phi) is 2.31. The molecule has 13 heavy (non-hydrogen) atoms. The third kappa shape index (κ3) is 2.09. The third-order valence-electron chi connectivity index (χ3n) is 1.49. The summed E-state index contributed by atoms with van der Waals surface area (Å²) in [4.78, 5) is 12.5. The van der Waals surface area contributed by atoms with Crippen LogP contribution in [-0.4, -0.2) is 34.5 Å². The van der Waals surface area contributed by atoms with E-state index in [0.29, 0.717) is 0 Å². The van der Waals surface area contributed by atoms with Gasteiger partial charge < -0.3 is 5.32 Å². The van der Waals surface area contributed by atoms with Crippen LogP contribution in [0.2, 0.25) is 0 Å². The van der Waals surface area contributed by atoms with Crippen molar-refractivity contribution in [2.75, 3.05) is 18.4 Å². The van der Waals surface area contributed by atoms with Gasteiger partial charge in [-0.1, -0.05) is 0 Å². The number of aryl methyl sites for hydroxylation is 1. The average molecular weight is 195 g/mol. The topological polar surface area (TPSA) is 62.5 Å². The minimum absolute atomic E-state index is 0.747. The van der Waals surface area contributed by atoms with Crippen molar-refractivity contribution in [3.63, 3.8) is 0 Å². The van der Waals surface area contributed by atoms with Crippen molar-refractivity contribution in [3.05, 3.63) is 5.82 Å². The summed E-state index contributed by atoms with van der Waals surface area (Å²) in [6.45, 7) is 3.38. The van der Waals surface area contributed by atoms with Crippen LogP contribution in [0.1, 0.15) is 5.82 Å². The van der Waals surface area contributed by atoms with Gasteiger partial charge in [-0.25, -0.2) is 4.98 Å². The van der Waals surface area contributed by atoms with Gasteiger partial charge in [0.15, 0.2) is 0 Å². The molecule has 1 aliphatic rings. The predicted molar refractivity (Wildman–Crippen MR) is 53.9 cm³/mol. The minimum Gasteiger partial charge on any atom is -0.314 e. The second-order valence-electron chi connectivity index (χ2n) is 2.57. The summed E-state index contributed by atoms with van der Waals surface area (Å²) in [5.41, 5.74) is 0. The zero-order chi connectivity index (χ0) is 9.10. The highest BCUT2D eigenvalue weighted by Gasteiger charge is 2.03. The van der Waals surface area contributed by atoms with Gasteiger partial charge in [0.05, 0.1) is 19.3 Å². The molecule has 68 valence electrons. The van der Waals surface area contributed by atoms with Crippen LogP contribution < -0.4 is 5.32 Å². The lowest BCUT2D eigenvalue weighted by molar-refractivity contribution is 0.969. The second kappa shape index (κ2) is 3.61. The molecule has 1 aliphatic heterocycles. The summed E-state index contributed by atoms with van der Waals surface area (Å²) in [6, 6.07) is 0. The number of amidine groups is 1. The first kappa shape index (κ1) is 8.31. The molecule has 2 rings (SSSR count). The van der Waals surface area contributed by atoms with E-state index in [9.17, 15) is 0 Å². The molecular weight excluding hydrogens is 186 g/mol. The number of hydrogen-bond acceptors (Lipinski definition) is 6. The van der Waals surface area contributed by atoms with Crippen LogP contribution in [0.3, 0.4) is 0 Å². The van der Waals surface area contributed by atoms with E-state index in [2.05, 4.69) is 24.7 Å². The average Bonchev–Trinajstić information content (AvgIpc) is 2.53. The van der Waals surface area contributed by atoms with Crippen molar-refractivity contribution in [1.82, 2.24) is 9.36 Å². The Hall–Kier alpha value is -1.30. The van der Waals surface area contributed by atoms with E-state index in [1.807, 2.05) is 6.92 Å². The lowest BCUT2D eigenvalue weighted by Gasteiger charge is -2.04. The first-order valence-electron chi connectivity index (χ1n) is 3.96. The predicted octanol–water partition coefficient (Wildman–Crippen LogP) is 0.741. The van der Waals surface area contributed by atoms with Gasteiger partial charge in [-0.15, -0.1) is 0 Å². The van der Waals surface area contributed by atoms with Gasteiger partial charge in [0.25, 0.3) is 0 Å². The highest BCUT2D eigenvalue weighted by Crippen LogP contribution is 2.09. The van der Waals surface area contributed by atoms with E-state index < -0.39 is 0 Å². The Morgan fingerprint density at radius 1 is 1.46 bits per heavy atom. The smallest absolute Gasteiger partial charge is 0.208 e. The summed E-state index contributed by atoms with van der Waals surface area (Å²) >= 11 is 1.33. The molecule has 5 nitrogen and oxygen atoms in total. The Morgan fingerprint density at radius 2 is 2.38 bits per heavy atom. The van der Waals surface area contributed by atoms with Gasteiger partial charge in [0.1, 0.15) is 11.7 Å². The molecule has 0 fully saturated rings. The van der Waals surface area contributed by atoms with Gasteiger partial charge in [-0.3, -0.25) is 9.98 Å². The number of nitrogens with zero attached hydrogens (tertiary/aromatic N) is 4. The Labute approximate surface area is 79.8 Å². The van der Waals surface area contributed by atoms with Gasteiger partial charge in [-0.2, -0.15) is 4.37 Å². The van der Waals surface area contributed by atoms with Gasteiger partial charge in [0, 0.05) is 11.5 Å². The summed E-state index contributed by atoms with van der Waals surface area (Å²) in [5.74, 6) is 1.54. The highest BCUT2D eigenvalue weighted by molar-refractivity contribution is 7.10. The van der Waals surface area contributed by atoms with Crippen molar-refractivity contribution >= 4 is 28.7 Å². The molecule has 1 aromatic rings. The number of rotatable bonds is 1. The monoisotopic (exact) mass is 195 g/mol. The van der Waals surface area contributed by atoms with Gasteiger partial charge in [-0.05, 0) is 6.92 Å². The van der Waals surface area contributed by atoms with Crippen molar-refractivity contribution in [2.24, 2.45) is 9.98 Å². The molecule has 0 unspecified atom stereocenters. The number of aliphatic imine (C=N–C) groups is 2. The Balaban J connectivity index is 2.05. The maximum atomic E-state index is 4.23. The molecular formula is C7H9N5S. The molecule has 0 atom stereocenters. The van der Waals surface area contributed by atoms with Gasteiger partial charge >= 0.3 is 0 Å². The minimum atomic E-state index is 0.747. The Bertz CT molecular complexity index is 354. The van der Waals surface area contributed by atoms with Crippen molar-refractivity contribution in [1.29, 1.82) is 0 Å². The van der Waals surface area contributed by atoms with E-state index in [1.165, 1.54) is 11.5 Å².